The molecule has 2 rings (SSSR count). The van der Waals surface area contributed by atoms with Gasteiger partial charge in [0.1, 0.15) is 17.4 Å². The fourth-order valence-electron chi connectivity index (χ4n) is 1.93. The van der Waals surface area contributed by atoms with Gasteiger partial charge in [-0.05, 0) is 24.3 Å². The molecule has 1 aromatic carbocycles. The highest BCUT2D eigenvalue weighted by Gasteiger charge is 2.16. The van der Waals surface area contributed by atoms with Crippen molar-refractivity contribution in [2.75, 3.05) is 19.0 Å². The fourth-order valence-corrected chi connectivity index (χ4v) is 1.93. The van der Waals surface area contributed by atoms with E-state index in [4.69, 9.17) is 14.4 Å². The van der Waals surface area contributed by atoms with Gasteiger partial charge >= 0.3 is 11.9 Å². The van der Waals surface area contributed by atoms with E-state index < -0.39 is 24.5 Å². The predicted molar refractivity (Wildman–Crippen MR) is 89.7 cm³/mol. The first-order valence-electron chi connectivity index (χ1n) is 7.34. The number of nitrogens with one attached hydrogen (secondary N) is 1. The highest BCUT2D eigenvalue weighted by Crippen LogP contribution is 2.16. The van der Waals surface area contributed by atoms with Crippen LogP contribution in [0, 0.1) is 11.3 Å². The number of anilines is 1. The molecule has 0 radical (unpaired) electrons. The van der Waals surface area contributed by atoms with Crippen LogP contribution in [0.4, 0.5) is 5.69 Å². The summed E-state index contributed by atoms with van der Waals surface area (Å²) in [5.41, 5.74) is 0.0554. The van der Waals surface area contributed by atoms with Gasteiger partial charge in [0, 0.05) is 6.08 Å². The largest absolute Gasteiger partial charge is 0.465 e. The SMILES string of the molecule is COC(=O)c1ccccc1NC(=O)COC(=O)/C(C#N)=C/c1ccco1. The Morgan fingerprint density at radius 2 is 2.00 bits per heavy atom. The molecule has 1 amide bonds. The number of ether oxygens (including phenoxy) is 2. The average Bonchev–Trinajstić information content (AvgIpc) is 3.17. The molecular formula is C18H14N2O6. The fraction of sp³-hybridized carbons (Fsp3) is 0.111. The summed E-state index contributed by atoms with van der Waals surface area (Å²) in [6.07, 6.45) is 2.59. The third-order valence-corrected chi connectivity index (χ3v) is 3.11. The minimum Gasteiger partial charge on any atom is -0.465 e. The molecular weight excluding hydrogens is 340 g/mol. The normalized spacial score (nSPS) is 10.5. The van der Waals surface area contributed by atoms with Crippen LogP contribution in [0.15, 0.2) is 52.7 Å². The number of hydrogen-bond donors (Lipinski definition) is 1. The van der Waals surface area contributed by atoms with Crippen LogP contribution >= 0.6 is 0 Å². The Hall–Kier alpha value is -3.86. The summed E-state index contributed by atoms with van der Waals surface area (Å²) in [4.78, 5) is 35.5. The summed E-state index contributed by atoms with van der Waals surface area (Å²) >= 11 is 0. The molecule has 0 aliphatic heterocycles. The zero-order chi connectivity index (χ0) is 18.9. The Balaban J connectivity index is 1.98. The van der Waals surface area contributed by atoms with E-state index in [9.17, 15) is 14.4 Å². The average molecular weight is 354 g/mol. The molecule has 8 nitrogen and oxygen atoms in total. The van der Waals surface area contributed by atoms with E-state index >= 15 is 0 Å². The topological polar surface area (TPSA) is 119 Å². The second-order valence-corrected chi connectivity index (χ2v) is 4.85. The first kappa shape index (κ1) is 18.5. The van der Waals surface area contributed by atoms with Gasteiger partial charge in [0.05, 0.1) is 24.6 Å². The number of para-hydroxylation sites is 1. The van der Waals surface area contributed by atoms with Crippen LogP contribution < -0.4 is 5.32 Å². The van der Waals surface area contributed by atoms with Gasteiger partial charge in [0.2, 0.25) is 0 Å². The minimum atomic E-state index is -0.972. The third-order valence-electron chi connectivity index (χ3n) is 3.11. The minimum absolute atomic E-state index is 0.158. The van der Waals surface area contributed by atoms with Crippen LogP contribution in [-0.2, 0) is 19.1 Å². The summed E-state index contributed by atoms with van der Waals surface area (Å²) in [6.45, 7) is -0.633. The van der Waals surface area contributed by atoms with E-state index in [1.165, 1.54) is 31.6 Å². The number of nitrogens with zero attached hydrogens (tertiary/aromatic N) is 1. The second kappa shape index (κ2) is 8.84. The van der Waals surface area contributed by atoms with Gasteiger partial charge in [-0.15, -0.1) is 0 Å². The number of carbonyl (C=O) groups excluding carboxylic acids is 3. The van der Waals surface area contributed by atoms with Crippen LogP contribution in [0.5, 0.6) is 0 Å². The number of esters is 2. The molecule has 0 spiro atoms. The third kappa shape index (κ3) is 4.82. The van der Waals surface area contributed by atoms with Gasteiger partial charge in [-0.2, -0.15) is 5.26 Å². The first-order chi connectivity index (χ1) is 12.5. The predicted octanol–water partition coefficient (Wildman–Crippen LogP) is 2.16. The van der Waals surface area contributed by atoms with Crippen molar-refractivity contribution in [3.63, 3.8) is 0 Å². The molecule has 1 heterocycles. The van der Waals surface area contributed by atoms with Crippen LogP contribution in [0.25, 0.3) is 6.08 Å². The van der Waals surface area contributed by atoms with E-state index in [2.05, 4.69) is 10.1 Å². The Bertz CT molecular complexity index is 877. The molecule has 0 bridgehead atoms. The molecule has 8 heteroatoms. The number of hydrogen-bond acceptors (Lipinski definition) is 7. The number of carbonyl (C=O) groups is 3. The van der Waals surface area contributed by atoms with E-state index in [0.717, 1.165) is 0 Å². The maximum atomic E-state index is 11.9. The lowest BCUT2D eigenvalue weighted by Gasteiger charge is -2.09. The summed E-state index contributed by atoms with van der Waals surface area (Å²) < 4.78 is 14.4. The molecule has 0 atom stereocenters. The zero-order valence-corrected chi connectivity index (χ0v) is 13.7. The van der Waals surface area contributed by atoms with Gasteiger partial charge < -0.3 is 19.2 Å². The lowest BCUT2D eigenvalue weighted by molar-refractivity contribution is -0.142. The van der Waals surface area contributed by atoms with Gasteiger partial charge in [-0.1, -0.05) is 12.1 Å². The van der Waals surface area contributed by atoms with E-state index in [0.29, 0.717) is 5.76 Å². The van der Waals surface area contributed by atoms with Crippen LogP contribution in [0.1, 0.15) is 16.1 Å². The van der Waals surface area contributed by atoms with Crippen molar-refractivity contribution in [3.8, 4) is 6.07 Å². The van der Waals surface area contributed by atoms with Gasteiger partial charge in [-0.3, -0.25) is 4.79 Å². The molecule has 0 aliphatic carbocycles. The van der Waals surface area contributed by atoms with Crippen LogP contribution in [-0.4, -0.2) is 31.6 Å². The maximum absolute atomic E-state index is 11.9. The monoisotopic (exact) mass is 354 g/mol. The molecule has 0 fully saturated rings. The molecule has 0 aliphatic rings. The number of furan rings is 1. The summed E-state index contributed by atoms with van der Waals surface area (Å²) in [5, 5.41) is 11.5. The smallest absolute Gasteiger partial charge is 0.349 e. The van der Waals surface area contributed by atoms with Crippen molar-refractivity contribution >= 4 is 29.6 Å². The van der Waals surface area contributed by atoms with E-state index in [1.54, 1.807) is 30.3 Å². The van der Waals surface area contributed by atoms with Crippen molar-refractivity contribution < 1.29 is 28.3 Å². The molecule has 2 aromatic rings. The molecule has 1 aromatic heterocycles. The second-order valence-electron chi connectivity index (χ2n) is 4.85. The standard InChI is InChI=1S/C18H14N2O6/c1-24-18(23)14-6-2-3-7-15(14)20-16(21)11-26-17(22)12(10-19)9-13-5-4-8-25-13/h2-9H,11H2,1H3,(H,20,21)/b12-9+. The van der Waals surface area contributed by atoms with Crippen molar-refractivity contribution in [2.24, 2.45) is 0 Å². The quantitative estimate of drug-likeness (QED) is 0.479. The van der Waals surface area contributed by atoms with E-state index in [-0.39, 0.29) is 16.8 Å². The lowest BCUT2D eigenvalue weighted by Crippen LogP contribution is -2.22. The highest BCUT2D eigenvalue weighted by atomic mass is 16.5. The first-order valence-corrected chi connectivity index (χ1v) is 7.34. The Morgan fingerprint density at radius 1 is 1.23 bits per heavy atom. The molecule has 132 valence electrons. The van der Waals surface area contributed by atoms with Crippen molar-refractivity contribution in [3.05, 3.63) is 59.6 Å². The van der Waals surface area contributed by atoms with Crippen molar-refractivity contribution in [2.45, 2.75) is 0 Å². The number of nitriles is 1. The summed E-state index contributed by atoms with van der Waals surface area (Å²) in [5.74, 6) is -1.97. The number of methoxy groups -OCH3 is 1. The molecule has 0 saturated carbocycles. The van der Waals surface area contributed by atoms with Crippen LogP contribution in [0.2, 0.25) is 0 Å². The molecule has 1 N–H and O–H groups in total. The molecule has 0 saturated heterocycles. The number of benzene rings is 1. The van der Waals surface area contributed by atoms with Gasteiger partial charge in [0.15, 0.2) is 6.61 Å². The number of amides is 1. The molecule has 0 unspecified atom stereocenters. The zero-order valence-electron chi connectivity index (χ0n) is 13.7. The van der Waals surface area contributed by atoms with Crippen molar-refractivity contribution in [1.29, 1.82) is 5.26 Å². The lowest BCUT2D eigenvalue weighted by atomic mass is 10.2. The Morgan fingerprint density at radius 3 is 2.65 bits per heavy atom. The van der Waals surface area contributed by atoms with E-state index in [1.807, 2.05) is 0 Å². The Labute approximate surface area is 148 Å². The van der Waals surface area contributed by atoms with Crippen LogP contribution in [0.3, 0.4) is 0 Å². The van der Waals surface area contributed by atoms with Crippen molar-refractivity contribution in [1.82, 2.24) is 0 Å². The number of rotatable bonds is 6. The maximum Gasteiger partial charge on any atom is 0.349 e. The molecule has 26 heavy (non-hydrogen) atoms. The van der Waals surface area contributed by atoms with Gasteiger partial charge in [0.25, 0.3) is 5.91 Å². The Kier molecular flexibility index (Phi) is 6.28. The van der Waals surface area contributed by atoms with Gasteiger partial charge in [-0.25, -0.2) is 9.59 Å². The summed E-state index contributed by atoms with van der Waals surface area (Å²) in [6, 6.07) is 11.0. The highest BCUT2D eigenvalue weighted by molar-refractivity contribution is 6.03. The summed E-state index contributed by atoms with van der Waals surface area (Å²) in [7, 11) is 1.22.